The van der Waals surface area contributed by atoms with Gasteiger partial charge in [0.2, 0.25) is 0 Å². The van der Waals surface area contributed by atoms with Gasteiger partial charge in [-0.15, -0.1) is 0 Å². The van der Waals surface area contributed by atoms with Crippen LogP contribution in [0.1, 0.15) is 18.4 Å². The zero-order valence-corrected chi connectivity index (χ0v) is 16.0. The maximum atomic E-state index is 14.4. The molecule has 0 aromatic heterocycles. The van der Waals surface area contributed by atoms with Gasteiger partial charge in [0, 0.05) is 25.3 Å². The Bertz CT molecular complexity index is 850. The molecule has 1 amide bonds. The highest BCUT2D eigenvalue weighted by Crippen LogP contribution is 2.40. The quantitative estimate of drug-likeness (QED) is 0.776. The Kier molecular flexibility index (Phi) is 5.36. The molecule has 2 saturated heterocycles. The van der Waals surface area contributed by atoms with E-state index in [0.29, 0.717) is 25.9 Å². The summed E-state index contributed by atoms with van der Waals surface area (Å²) in [4.78, 5) is 15.5. The van der Waals surface area contributed by atoms with Gasteiger partial charge in [-0.05, 0) is 49.1 Å². The van der Waals surface area contributed by atoms with Gasteiger partial charge in [0.15, 0.2) is 0 Å². The molecule has 2 fully saturated rings. The predicted octanol–water partition coefficient (Wildman–Crippen LogP) is 3.86. The number of amides is 1. The largest absolute Gasteiger partial charge is 0.437 e. The average Bonchev–Trinajstić information content (AvgIpc) is 2.72. The molecule has 2 aliphatic heterocycles. The molecule has 0 N–H and O–H groups in total. The fourth-order valence-electron chi connectivity index (χ4n) is 4.07. The minimum atomic E-state index is -3.89. The van der Waals surface area contributed by atoms with Crippen LogP contribution in [0.3, 0.4) is 0 Å². The molecule has 4 rings (SSSR count). The lowest BCUT2D eigenvalue weighted by atomic mass is 9.88. The molecule has 2 aliphatic rings. The molecule has 2 aromatic rings. The second kappa shape index (κ2) is 7.80. The van der Waals surface area contributed by atoms with Gasteiger partial charge in [-0.2, -0.15) is 8.78 Å². The van der Waals surface area contributed by atoms with Crippen molar-refractivity contribution in [2.24, 2.45) is 0 Å². The molecule has 29 heavy (non-hydrogen) atoms. The van der Waals surface area contributed by atoms with E-state index >= 15 is 0 Å². The molecule has 0 bridgehead atoms. The topological polar surface area (TPSA) is 32.8 Å². The summed E-state index contributed by atoms with van der Waals surface area (Å²) < 4.78 is 47.1. The van der Waals surface area contributed by atoms with Crippen molar-refractivity contribution in [3.63, 3.8) is 0 Å². The second-order valence-corrected chi connectivity index (χ2v) is 7.75. The highest BCUT2D eigenvalue weighted by Gasteiger charge is 2.57. The van der Waals surface area contributed by atoms with Crippen LogP contribution in [0.2, 0.25) is 0 Å². The minimum absolute atomic E-state index is 0.0413. The van der Waals surface area contributed by atoms with E-state index in [1.807, 2.05) is 18.2 Å². The van der Waals surface area contributed by atoms with Crippen LogP contribution in [-0.2, 0) is 16.0 Å². The zero-order chi connectivity index (χ0) is 20.5. The molecule has 1 spiro atoms. The molecular formula is C22H23F3N2O2. The van der Waals surface area contributed by atoms with Crippen molar-refractivity contribution < 1.29 is 22.7 Å². The van der Waals surface area contributed by atoms with Crippen molar-refractivity contribution >= 4 is 11.6 Å². The highest BCUT2D eigenvalue weighted by atomic mass is 19.3. The number of carbonyl (C=O) groups is 1. The number of anilines is 1. The van der Waals surface area contributed by atoms with E-state index in [0.717, 1.165) is 30.0 Å². The summed E-state index contributed by atoms with van der Waals surface area (Å²) in [7, 11) is 0. The lowest BCUT2D eigenvalue weighted by Crippen LogP contribution is -2.64. The monoisotopic (exact) mass is 404 g/mol. The number of hydrogen-bond donors (Lipinski definition) is 0. The summed E-state index contributed by atoms with van der Waals surface area (Å²) in [5.41, 5.74) is 0.390. The number of rotatable bonds is 4. The van der Waals surface area contributed by atoms with E-state index in [1.54, 1.807) is 0 Å². The molecule has 2 heterocycles. The summed E-state index contributed by atoms with van der Waals surface area (Å²) >= 11 is 0. The molecule has 154 valence electrons. The Morgan fingerprint density at radius 2 is 1.62 bits per heavy atom. The third-order valence-corrected chi connectivity index (χ3v) is 5.75. The maximum Gasteiger partial charge on any atom is 0.437 e. The number of alkyl halides is 2. The van der Waals surface area contributed by atoms with Gasteiger partial charge in [-0.25, -0.2) is 4.39 Å². The van der Waals surface area contributed by atoms with Gasteiger partial charge >= 0.3 is 12.0 Å². The maximum absolute atomic E-state index is 14.4. The Labute approximate surface area is 167 Å². The van der Waals surface area contributed by atoms with Crippen LogP contribution in [0.5, 0.6) is 0 Å². The fourth-order valence-corrected chi connectivity index (χ4v) is 4.07. The standard InChI is InChI=1S/C22H23F3N2O2/c23-18-6-8-19(9-7-18)27-16-21(29-22(24,25)20(27)28)11-14-26(15-12-21)13-10-17-4-2-1-3-5-17/h1-9H,10-16H2. The van der Waals surface area contributed by atoms with Gasteiger partial charge in [0.05, 0.1) is 12.1 Å². The number of morpholine rings is 1. The van der Waals surface area contributed by atoms with Crippen LogP contribution in [0.15, 0.2) is 54.6 Å². The number of likely N-dealkylation sites (tertiary alicyclic amines) is 1. The summed E-state index contributed by atoms with van der Waals surface area (Å²) in [5, 5.41) is 0. The van der Waals surface area contributed by atoms with Gasteiger partial charge in [0.1, 0.15) is 5.82 Å². The van der Waals surface area contributed by atoms with Gasteiger partial charge in [-0.1, -0.05) is 30.3 Å². The number of halogens is 3. The molecule has 7 heteroatoms. The van der Waals surface area contributed by atoms with Crippen LogP contribution in [0.4, 0.5) is 18.9 Å². The Balaban J connectivity index is 1.43. The van der Waals surface area contributed by atoms with Gasteiger partial charge in [0.25, 0.3) is 0 Å². The number of piperidine rings is 1. The average molecular weight is 404 g/mol. The first-order valence-corrected chi connectivity index (χ1v) is 9.79. The normalized spacial score (nSPS) is 21.5. The van der Waals surface area contributed by atoms with Gasteiger partial charge in [-0.3, -0.25) is 4.79 Å². The van der Waals surface area contributed by atoms with E-state index < -0.39 is 23.4 Å². The number of nitrogens with zero attached hydrogens (tertiary/aromatic N) is 2. The van der Waals surface area contributed by atoms with E-state index in [-0.39, 0.29) is 12.2 Å². The van der Waals surface area contributed by atoms with Crippen LogP contribution in [0, 0.1) is 5.82 Å². The Morgan fingerprint density at radius 1 is 0.966 bits per heavy atom. The number of benzene rings is 2. The van der Waals surface area contributed by atoms with E-state index in [1.165, 1.54) is 17.7 Å². The zero-order valence-electron chi connectivity index (χ0n) is 16.0. The first kappa shape index (κ1) is 19.9. The van der Waals surface area contributed by atoms with Crippen molar-refractivity contribution in [2.75, 3.05) is 31.1 Å². The van der Waals surface area contributed by atoms with E-state index in [4.69, 9.17) is 4.74 Å². The highest BCUT2D eigenvalue weighted by molar-refractivity contribution is 5.98. The lowest BCUT2D eigenvalue weighted by molar-refractivity contribution is -0.293. The molecule has 0 saturated carbocycles. The molecule has 4 nitrogen and oxygen atoms in total. The van der Waals surface area contributed by atoms with Crippen LogP contribution in [0.25, 0.3) is 0 Å². The molecular weight excluding hydrogens is 381 g/mol. The second-order valence-electron chi connectivity index (χ2n) is 7.75. The fraction of sp³-hybridized carbons (Fsp3) is 0.409. The van der Waals surface area contributed by atoms with Crippen molar-refractivity contribution in [3.8, 4) is 0 Å². The molecule has 0 radical (unpaired) electrons. The van der Waals surface area contributed by atoms with Crippen LogP contribution >= 0.6 is 0 Å². The molecule has 2 aromatic carbocycles. The number of ether oxygens (including phenoxy) is 1. The Hall–Kier alpha value is -2.38. The number of carbonyl (C=O) groups excluding carboxylic acids is 1. The first-order chi connectivity index (χ1) is 13.9. The summed E-state index contributed by atoms with van der Waals surface area (Å²) in [6, 6.07) is 15.1. The third-order valence-electron chi connectivity index (χ3n) is 5.75. The van der Waals surface area contributed by atoms with Crippen molar-refractivity contribution in [1.82, 2.24) is 4.90 Å². The molecule has 0 unspecified atom stereocenters. The van der Waals surface area contributed by atoms with Crippen molar-refractivity contribution in [3.05, 3.63) is 66.0 Å². The van der Waals surface area contributed by atoms with E-state index in [9.17, 15) is 18.0 Å². The van der Waals surface area contributed by atoms with E-state index in [2.05, 4.69) is 17.0 Å². The number of hydrogen-bond acceptors (Lipinski definition) is 3. The molecule has 0 atom stereocenters. The van der Waals surface area contributed by atoms with Gasteiger partial charge < -0.3 is 14.5 Å². The smallest absolute Gasteiger partial charge is 0.304 e. The first-order valence-electron chi connectivity index (χ1n) is 9.79. The van der Waals surface area contributed by atoms with Crippen LogP contribution in [-0.4, -0.2) is 48.7 Å². The van der Waals surface area contributed by atoms with Crippen molar-refractivity contribution in [1.29, 1.82) is 0 Å². The third kappa shape index (κ3) is 4.31. The molecule has 0 aliphatic carbocycles. The summed E-state index contributed by atoms with van der Waals surface area (Å²) in [6.45, 7) is 2.12. The predicted molar refractivity (Wildman–Crippen MR) is 103 cm³/mol. The lowest BCUT2D eigenvalue weighted by Gasteiger charge is -2.48. The summed E-state index contributed by atoms with van der Waals surface area (Å²) in [5.74, 6) is -1.89. The van der Waals surface area contributed by atoms with Crippen molar-refractivity contribution in [2.45, 2.75) is 31.0 Å². The minimum Gasteiger partial charge on any atom is -0.304 e. The Morgan fingerprint density at radius 3 is 2.28 bits per heavy atom. The SMILES string of the molecule is O=C1N(c2ccc(F)cc2)CC2(CCN(CCc3ccccc3)CC2)OC1(F)F. The summed E-state index contributed by atoms with van der Waals surface area (Å²) in [6.07, 6.45) is -2.19. The van der Waals surface area contributed by atoms with Crippen LogP contribution < -0.4 is 4.90 Å².